The first-order chi connectivity index (χ1) is 16.5. The number of aromatic amines is 1. The van der Waals surface area contributed by atoms with E-state index in [4.69, 9.17) is 52.1 Å². The van der Waals surface area contributed by atoms with E-state index in [0.29, 0.717) is 16.3 Å². The summed E-state index contributed by atoms with van der Waals surface area (Å²) < 4.78 is 0. The van der Waals surface area contributed by atoms with Crippen LogP contribution >= 0.6 is 46.4 Å². The maximum absolute atomic E-state index is 12.9. The highest BCUT2D eigenvalue weighted by Gasteiger charge is 2.28. The van der Waals surface area contributed by atoms with Gasteiger partial charge in [0.1, 0.15) is 0 Å². The van der Waals surface area contributed by atoms with E-state index >= 15 is 0 Å². The number of primary amides is 1. The van der Waals surface area contributed by atoms with Crippen LogP contribution in [0, 0.1) is 10.1 Å². The predicted molar refractivity (Wildman–Crippen MR) is 136 cm³/mol. The molecule has 9 nitrogen and oxygen atoms in total. The Kier molecular flexibility index (Phi) is 6.86. The van der Waals surface area contributed by atoms with Crippen molar-refractivity contribution >= 4 is 80.5 Å². The van der Waals surface area contributed by atoms with Crippen LogP contribution in [0.4, 0.5) is 17.3 Å². The fourth-order valence-corrected chi connectivity index (χ4v) is 4.14. The average molecular weight is 553 g/mol. The number of fused-ring (bicyclic) bond motifs is 1. The highest BCUT2D eigenvalue weighted by atomic mass is 35.5. The molecule has 1 aromatic heterocycles. The Labute approximate surface area is 216 Å². The minimum Gasteiger partial charge on any atom is -0.369 e. The third-order valence-electron chi connectivity index (χ3n) is 5.09. The number of nitrogens with two attached hydrogens (primary N) is 1. The summed E-state index contributed by atoms with van der Waals surface area (Å²) in [5.74, 6) is -2.07. The average Bonchev–Trinajstić information content (AvgIpc) is 2.79. The number of carbonyl (C=O) groups excluding carboxylic acids is 1. The number of nitro benzene ring substituents is 1. The lowest BCUT2D eigenvalue weighted by Gasteiger charge is -2.17. The fraction of sp³-hybridized carbons (Fsp3) is 0.0455. The van der Waals surface area contributed by atoms with E-state index in [-0.39, 0.29) is 37.5 Å². The van der Waals surface area contributed by atoms with Gasteiger partial charge in [-0.05, 0) is 35.9 Å². The van der Waals surface area contributed by atoms with Gasteiger partial charge in [-0.25, -0.2) is 4.98 Å². The standard InChI is InChI=1S/C22H13Cl4N5O4/c23-14-3-1-9(5-16(14)25)18(20(27)32)12-7-11(31(34)35)8-13-19(12)29-22(30-21(13)33)28-10-2-4-15(24)17(26)6-10/h1-8,18H,(H2,27,32)(H2,28,29,30,33). The van der Waals surface area contributed by atoms with Crippen molar-refractivity contribution in [2.24, 2.45) is 5.73 Å². The molecule has 0 saturated carbocycles. The van der Waals surface area contributed by atoms with Crippen molar-refractivity contribution in [3.05, 3.63) is 100 Å². The smallest absolute Gasteiger partial charge is 0.270 e. The summed E-state index contributed by atoms with van der Waals surface area (Å²) in [5, 5.41) is 15.4. The summed E-state index contributed by atoms with van der Waals surface area (Å²) >= 11 is 24.1. The van der Waals surface area contributed by atoms with Gasteiger partial charge in [-0.15, -0.1) is 0 Å². The van der Waals surface area contributed by atoms with Crippen LogP contribution in [0.5, 0.6) is 0 Å². The minimum absolute atomic E-state index is 0.00616. The molecule has 0 aliphatic heterocycles. The van der Waals surface area contributed by atoms with Crippen LogP contribution in [0.3, 0.4) is 0 Å². The van der Waals surface area contributed by atoms with Crippen LogP contribution in [0.2, 0.25) is 20.1 Å². The maximum Gasteiger partial charge on any atom is 0.270 e. The molecule has 13 heteroatoms. The second-order valence-corrected chi connectivity index (χ2v) is 8.99. The van der Waals surface area contributed by atoms with Gasteiger partial charge in [-0.1, -0.05) is 52.5 Å². The summed E-state index contributed by atoms with van der Waals surface area (Å²) in [4.78, 5) is 43.3. The minimum atomic E-state index is -1.22. The Morgan fingerprint density at radius 3 is 2.26 bits per heavy atom. The number of anilines is 2. The van der Waals surface area contributed by atoms with Gasteiger partial charge in [0.2, 0.25) is 11.9 Å². The lowest BCUT2D eigenvalue weighted by molar-refractivity contribution is -0.384. The highest BCUT2D eigenvalue weighted by molar-refractivity contribution is 6.42. The molecule has 1 amide bonds. The van der Waals surface area contributed by atoms with E-state index in [1.165, 1.54) is 24.3 Å². The second kappa shape index (κ2) is 9.71. The molecule has 35 heavy (non-hydrogen) atoms. The van der Waals surface area contributed by atoms with Crippen molar-refractivity contribution in [2.45, 2.75) is 5.92 Å². The maximum atomic E-state index is 12.9. The molecule has 0 aliphatic rings. The first kappa shape index (κ1) is 24.7. The molecule has 4 rings (SSSR count). The van der Waals surface area contributed by atoms with Crippen LogP contribution < -0.4 is 16.6 Å². The van der Waals surface area contributed by atoms with Gasteiger partial charge in [0.15, 0.2) is 0 Å². The van der Waals surface area contributed by atoms with E-state index in [1.54, 1.807) is 12.1 Å². The molecule has 0 radical (unpaired) electrons. The topological polar surface area (TPSA) is 144 Å². The second-order valence-electron chi connectivity index (χ2n) is 7.37. The number of H-pyrrole nitrogens is 1. The number of hydrogen-bond donors (Lipinski definition) is 3. The van der Waals surface area contributed by atoms with Crippen LogP contribution in [0.1, 0.15) is 17.0 Å². The first-order valence-corrected chi connectivity index (χ1v) is 11.2. The molecule has 0 spiro atoms. The highest BCUT2D eigenvalue weighted by Crippen LogP contribution is 2.35. The quantitative estimate of drug-likeness (QED) is 0.203. The Bertz CT molecular complexity index is 1570. The van der Waals surface area contributed by atoms with Gasteiger partial charge in [0, 0.05) is 23.4 Å². The molecule has 0 fully saturated rings. The van der Waals surface area contributed by atoms with Crippen molar-refractivity contribution < 1.29 is 9.72 Å². The fourth-order valence-electron chi connectivity index (χ4n) is 3.54. The van der Waals surface area contributed by atoms with Crippen LogP contribution in [-0.4, -0.2) is 20.8 Å². The van der Waals surface area contributed by atoms with Crippen LogP contribution in [-0.2, 0) is 4.79 Å². The van der Waals surface area contributed by atoms with Crippen molar-refractivity contribution in [3.63, 3.8) is 0 Å². The van der Waals surface area contributed by atoms with Gasteiger partial charge in [0.05, 0.1) is 41.8 Å². The molecule has 1 atom stereocenters. The van der Waals surface area contributed by atoms with Crippen molar-refractivity contribution in [2.75, 3.05) is 5.32 Å². The summed E-state index contributed by atoms with van der Waals surface area (Å²) in [6.45, 7) is 0. The SMILES string of the molecule is NC(=O)C(c1ccc(Cl)c(Cl)c1)c1cc([N+](=O)[O-])cc2c(=O)[nH]c(Nc3ccc(Cl)c(Cl)c3)nc12. The number of nitro groups is 1. The molecule has 0 aliphatic carbocycles. The molecule has 4 aromatic rings. The van der Waals surface area contributed by atoms with E-state index < -0.39 is 28.0 Å². The number of halogens is 4. The number of nitrogens with zero attached hydrogens (tertiary/aromatic N) is 2. The molecule has 3 aromatic carbocycles. The summed E-state index contributed by atoms with van der Waals surface area (Å²) in [6.07, 6.45) is 0. The molecular formula is C22H13Cl4N5O4. The van der Waals surface area contributed by atoms with Crippen molar-refractivity contribution in [1.82, 2.24) is 9.97 Å². The van der Waals surface area contributed by atoms with E-state index in [1.807, 2.05) is 0 Å². The Morgan fingerprint density at radius 2 is 1.66 bits per heavy atom. The van der Waals surface area contributed by atoms with Gasteiger partial charge < -0.3 is 11.1 Å². The third kappa shape index (κ3) is 5.03. The molecule has 1 unspecified atom stereocenters. The van der Waals surface area contributed by atoms with Crippen molar-refractivity contribution in [3.8, 4) is 0 Å². The summed E-state index contributed by atoms with van der Waals surface area (Å²) in [5.41, 5.74) is 5.44. The molecular weight excluding hydrogens is 540 g/mol. The Hall–Kier alpha value is -3.37. The van der Waals surface area contributed by atoms with E-state index in [2.05, 4.69) is 15.3 Å². The number of nitrogens with one attached hydrogen (secondary N) is 2. The molecule has 1 heterocycles. The van der Waals surface area contributed by atoms with Gasteiger partial charge in [-0.2, -0.15) is 0 Å². The number of aromatic nitrogens is 2. The van der Waals surface area contributed by atoms with Crippen LogP contribution in [0.25, 0.3) is 10.9 Å². The number of amides is 1. The normalized spacial score (nSPS) is 11.9. The monoisotopic (exact) mass is 551 g/mol. The van der Waals surface area contributed by atoms with Crippen molar-refractivity contribution in [1.29, 1.82) is 0 Å². The van der Waals surface area contributed by atoms with Gasteiger partial charge in [-0.3, -0.25) is 24.7 Å². The lowest BCUT2D eigenvalue weighted by Crippen LogP contribution is -2.24. The van der Waals surface area contributed by atoms with Gasteiger partial charge >= 0.3 is 0 Å². The Morgan fingerprint density at radius 1 is 1.00 bits per heavy atom. The molecule has 178 valence electrons. The molecule has 0 saturated heterocycles. The first-order valence-electron chi connectivity index (χ1n) is 9.74. The number of hydrogen-bond acceptors (Lipinski definition) is 6. The zero-order valence-corrected chi connectivity index (χ0v) is 20.3. The zero-order chi connectivity index (χ0) is 25.4. The van der Waals surface area contributed by atoms with E-state index in [0.717, 1.165) is 12.1 Å². The number of rotatable bonds is 6. The molecule has 4 N–H and O–H groups in total. The number of benzene rings is 3. The third-order valence-corrected chi connectivity index (χ3v) is 6.57. The largest absolute Gasteiger partial charge is 0.369 e. The Balaban J connectivity index is 1.96. The van der Waals surface area contributed by atoms with E-state index in [9.17, 15) is 19.7 Å². The number of non-ortho nitro benzene ring substituents is 1. The van der Waals surface area contributed by atoms with Gasteiger partial charge in [0.25, 0.3) is 11.2 Å². The zero-order valence-electron chi connectivity index (χ0n) is 17.3. The van der Waals surface area contributed by atoms with Crippen LogP contribution in [0.15, 0.2) is 53.3 Å². The summed E-state index contributed by atoms with van der Waals surface area (Å²) in [6, 6.07) is 11.3. The predicted octanol–water partition coefficient (Wildman–Crippen LogP) is 5.81. The summed E-state index contributed by atoms with van der Waals surface area (Å²) in [7, 11) is 0. The lowest BCUT2D eigenvalue weighted by atomic mass is 9.89. The number of carbonyl (C=O) groups is 1. The molecule has 0 bridgehead atoms.